The number of rotatable bonds is 7. The van der Waals surface area contributed by atoms with Gasteiger partial charge in [0.25, 0.3) is 0 Å². The summed E-state index contributed by atoms with van der Waals surface area (Å²) < 4.78 is 6.75. The van der Waals surface area contributed by atoms with Crippen molar-refractivity contribution in [3.05, 3.63) is 48.3 Å². The topological polar surface area (TPSA) is 82.2 Å². The molecule has 112 valence electrons. The first-order valence-corrected chi connectivity index (χ1v) is 6.81. The number of carbonyl (C=O) groups excluding carboxylic acids is 1. The van der Waals surface area contributed by atoms with Gasteiger partial charge in [0.15, 0.2) is 0 Å². The molecule has 1 amide bonds. The molecule has 6 heteroatoms. The van der Waals surface area contributed by atoms with Crippen molar-refractivity contribution in [2.24, 2.45) is 5.73 Å². The molecule has 1 heterocycles. The minimum Gasteiger partial charge on any atom is -0.385 e. The summed E-state index contributed by atoms with van der Waals surface area (Å²) in [5.41, 5.74) is 7.58. The molecular formula is C15H20N4O2. The predicted octanol–water partition coefficient (Wildman–Crippen LogP) is 1.23. The van der Waals surface area contributed by atoms with E-state index in [-0.39, 0.29) is 5.91 Å². The average Bonchev–Trinajstić information content (AvgIpc) is 2.98. The van der Waals surface area contributed by atoms with Gasteiger partial charge in [-0.05, 0) is 30.2 Å². The number of hydrogen-bond donors (Lipinski definition) is 2. The van der Waals surface area contributed by atoms with Crippen molar-refractivity contribution < 1.29 is 9.53 Å². The number of aromatic nitrogens is 2. The van der Waals surface area contributed by atoms with Crippen LogP contribution in [0.25, 0.3) is 0 Å². The molecule has 2 rings (SSSR count). The number of nitrogens with zero attached hydrogens (tertiary/aromatic N) is 2. The summed E-state index contributed by atoms with van der Waals surface area (Å²) in [7, 11) is 1.59. The molecule has 2 aromatic rings. The van der Waals surface area contributed by atoms with Crippen LogP contribution in [0, 0.1) is 0 Å². The summed E-state index contributed by atoms with van der Waals surface area (Å²) in [6.07, 6.45) is 4.13. The van der Waals surface area contributed by atoms with Gasteiger partial charge < -0.3 is 15.8 Å². The van der Waals surface area contributed by atoms with Crippen LogP contribution in [0.15, 0.2) is 42.7 Å². The van der Waals surface area contributed by atoms with Crippen molar-refractivity contribution in [2.75, 3.05) is 19.0 Å². The Morgan fingerprint density at radius 1 is 1.48 bits per heavy atom. The molecule has 0 spiro atoms. The number of anilines is 1. The average molecular weight is 288 g/mol. The second-order valence-corrected chi connectivity index (χ2v) is 4.78. The lowest BCUT2D eigenvalue weighted by atomic mass is 10.1. The largest absolute Gasteiger partial charge is 0.385 e. The molecule has 1 unspecified atom stereocenters. The molecule has 0 bridgehead atoms. The van der Waals surface area contributed by atoms with E-state index in [2.05, 4.69) is 10.4 Å². The first-order valence-electron chi connectivity index (χ1n) is 6.81. The maximum Gasteiger partial charge on any atom is 0.241 e. The highest BCUT2D eigenvalue weighted by atomic mass is 16.5. The minimum absolute atomic E-state index is 0.205. The van der Waals surface area contributed by atoms with Crippen molar-refractivity contribution in [3.63, 3.8) is 0 Å². The van der Waals surface area contributed by atoms with Gasteiger partial charge in [-0.1, -0.05) is 12.1 Å². The van der Waals surface area contributed by atoms with Gasteiger partial charge in [0, 0.05) is 31.8 Å². The monoisotopic (exact) mass is 288 g/mol. The molecule has 0 saturated carbocycles. The first-order chi connectivity index (χ1) is 10.2. The van der Waals surface area contributed by atoms with Crippen molar-refractivity contribution in [2.45, 2.75) is 19.0 Å². The van der Waals surface area contributed by atoms with Crippen LogP contribution in [0.2, 0.25) is 0 Å². The van der Waals surface area contributed by atoms with Gasteiger partial charge in [0.05, 0.1) is 12.6 Å². The molecule has 6 nitrogen and oxygen atoms in total. The Labute approximate surface area is 123 Å². The van der Waals surface area contributed by atoms with E-state index in [1.807, 2.05) is 41.2 Å². The maximum atomic E-state index is 11.9. The number of ether oxygens (including phenoxy) is 1. The number of nitrogens with two attached hydrogens (primary N) is 1. The molecule has 3 N–H and O–H groups in total. The van der Waals surface area contributed by atoms with Crippen molar-refractivity contribution >= 4 is 11.6 Å². The Kier molecular flexibility index (Phi) is 5.48. The molecule has 0 fully saturated rings. The molecule has 1 aromatic heterocycles. The maximum absolute atomic E-state index is 11.9. The second kappa shape index (κ2) is 7.56. The standard InChI is InChI=1S/C15H20N4O2/c1-21-9-6-14(16)15(20)18-13-5-2-4-12(10-13)11-19-8-3-7-17-19/h2-5,7-8,10,14H,6,9,11,16H2,1H3,(H,18,20). The second-order valence-electron chi connectivity index (χ2n) is 4.78. The quantitative estimate of drug-likeness (QED) is 0.803. The van der Waals surface area contributed by atoms with E-state index >= 15 is 0 Å². The molecule has 0 aliphatic heterocycles. The fourth-order valence-electron chi connectivity index (χ4n) is 1.94. The summed E-state index contributed by atoms with van der Waals surface area (Å²) in [5.74, 6) is -0.205. The van der Waals surface area contributed by atoms with Gasteiger partial charge in [0.1, 0.15) is 0 Å². The highest BCUT2D eigenvalue weighted by Crippen LogP contribution is 2.12. The number of benzene rings is 1. The van der Waals surface area contributed by atoms with Gasteiger partial charge in [-0.15, -0.1) is 0 Å². The van der Waals surface area contributed by atoms with Crippen molar-refractivity contribution in [1.82, 2.24) is 9.78 Å². The summed E-state index contributed by atoms with van der Waals surface area (Å²) in [6.45, 7) is 1.13. The lowest BCUT2D eigenvalue weighted by Crippen LogP contribution is -2.36. The zero-order valence-electron chi connectivity index (χ0n) is 12.0. The molecular weight excluding hydrogens is 268 g/mol. The van der Waals surface area contributed by atoms with E-state index in [0.717, 1.165) is 11.3 Å². The Morgan fingerprint density at radius 3 is 3.05 bits per heavy atom. The molecule has 0 aliphatic rings. The van der Waals surface area contributed by atoms with Gasteiger partial charge in [0.2, 0.25) is 5.91 Å². The van der Waals surface area contributed by atoms with Gasteiger partial charge >= 0.3 is 0 Å². The third kappa shape index (κ3) is 4.70. The van der Waals surface area contributed by atoms with E-state index in [0.29, 0.717) is 19.6 Å². The fraction of sp³-hybridized carbons (Fsp3) is 0.333. The predicted molar refractivity (Wildman–Crippen MR) is 80.9 cm³/mol. The number of amides is 1. The number of hydrogen-bond acceptors (Lipinski definition) is 4. The molecule has 1 aromatic carbocycles. The number of carbonyl (C=O) groups is 1. The third-order valence-corrected chi connectivity index (χ3v) is 3.07. The Balaban J connectivity index is 1.96. The van der Waals surface area contributed by atoms with E-state index in [4.69, 9.17) is 10.5 Å². The van der Waals surface area contributed by atoms with Gasteiger partial charge in [-0.3, -0.25) is 9.48 Å². The van der Waals surface area contributed by atoms with Gasteiger partial charge in [-0.25, -0.2) is 0 Å². The SMILES string of the molecule is COCCC(N)C(=O)Nc1cccc(Cn2cccn2)c1. The normalized spacial score (nSPS) is 12.1. The third-order valence-electron chi connectivity index (χ3n) is 3.07. The van der Waals surface area contributed by atoms with Crippen LogP contribution in [0.1, 0.15) is 12.0 Å². The van der Waals surface area contributed by atoms with Crippen LogP contribution in [-0.2, 0) is 16.1 Å². The fourth-order valence-corrected chi connectivity index (χ4v) is 1.94. The van der Waals surface area contributed by atoms with Crippen LogP contribution in [0.3, 0.4) is 0 Å². The van der Waals surface area contributed by atoms with Crippen LogP contribution in [-0.4, -0.2) is 35.4 Å². The van der Waals surface area contributed by atoms with Crippen LogP contribution < -0.4 is 11.1 Å². The van der Waals surface area contributed by atoms with Crippen LogP contribution >= 0.6 is 0 Å². The highest BCUT2D eigenvalue weighted by Gasteiger charge is 2.13. The van der Waals surface area contributed by atoms with Crippen molar-refractivity contribution in [1.29, 1.82) is 0 Å². The molecule has 0 saturated heterocycles. The summed E-state index contributed by atoms with van der Waals surface area (Å²) >= 11 is 0. The zero-order valence-corrected chi connectivity index (χ0v) is 12.0. The number of nitrogens with one attached hydrogen (secondary N) is 1. The lowest BCUT2D eigenvalue weighted by Gasteiger charge is -2.12. The molecule has 21 heavy (non-hydrogen) atoms. The van der Waals surface area contributed by atoms with Gasteiger partial charge in [-0.2, -0.15) is 5.10 Å². The van der Waals surface area contributed by atoms with E-state index < -0.39 is 6.04 Å². The Bertz CT molecular complexity index is 569. The lowest BCUT2D eigenvalue weighted by molar-refractivity contribution is -0.117. The molecule has 0 aliphatic carbocycles. The highest BCUT2D eigenvalue weighted by molar-refractivity contribution is 5.94. The zero-order chi connectivity index (χ0) is 15.1. The van der Waals surface area contributed by atoms with Crippen LogP contribution in [0.4, 0.5) is 5.69 Å². The first kappa shape index (κ1) is 15.2. The number of methoxy groups -OCH3 is 1. The Hall–Kier alpha value is -2.18. The van der Waals surface area contributed by atoms with E-state index in [9.17, 15) is 4.79 Å². The van der Waals surface area contributed by atoms with E-state index in [1.54, 1.807) is 13.3 Å². The smallest absolute Gasteiger partial charge is 0.241 e. The Morgan fingerprint density at radius 2 is 2.33 bits per heavy atom. The summed E-state index contributed by atoms with van der Waals surface area (Å²) in [6, 6.07) is 8.95. The summed E-state index contributed by atoms with van der Waals surface area (Å²) in [4.78, 5) is 11.9. The molecule has 1 atom stereocenters. The van der Waals surface area contributed by atoms with Crippen molar-refractivity contribution in [3.8, 4) is 0 Å². The molecule has 0 radical (unpaired) electrons. The minimum atomic E-state index is -0.570. The van der Waals surface area contributed by atoms with Crippen LogP contribution in [0.5, 0.6) is 0 Å². The van der Waals surface area contributed by atoms with E-state index in [1.165, 1.54) is 0 Å². The summed E-state index contributed by atoms with van der Waals surface area (Å²) in [5, 5.41) is 6.98.